The summed E-state index contributed by atoms with van der Waals surface area (Å²) in [5.41, 5.74) is 1.99. The van der Waals surface area contributed by atoms with Crippen LogP contribution in [0, 0.1) is 5.92 Å². The molecule has 1 unspecified atom stereocenters. The Morgan fingerprint density at radius 3 is 2.86 bits per heavy atom. The van der Waals surface area contributed by atoms with Crippen LogP contribution in [0.2, 0.25) is 0 Å². The molecule has 8 nitrogen and oxygen atoms in total. The highest BCUT2D eigenvalue weighted by atomic mass is 32.1. The standard InChI is InChI=1S/C19H25N5O3S/c1-4-13-6-7-15(20-9-13)11-23(3)18(26)14-8-17(25)24(10-14)19-22-21-16(28-19)12-27-5-2/h6-7,9,14H,4-5,8,10-12H2,1-3H3. The first-order chi connectivity index (χ1) is 13.5. The monoisotopic (exact) mass is 403 g/mol. The van der Waals surface area contributed by atoms with Crippen LogP contribution in [0.15, 0.2) is 18.3 Å². The van der Waals surface area contributed by atoms with Gasteiger partial charge in [0.15, 0.2) is 0 Å². The Morgan fingerprint density at radius 2 is 2.18 bits per heavy atom. The maximum atomic E-state index is 12.8. The zero-order chi connectivity index (χ0) is 20.1. The molecule has 2 amide bonds. The van der Waals surface area contributed by atoms with Crippen molar-refractivity contribution in [2.45, 2.75) is 39.8 Å². The summed E-state index contributed by atoms with van der Waals surface area (Å²) in [5, 5.41) is 9.38. The largest absolute Gasteiger partial charge is 0.374 e. The summed E-state index contributed by atoms with van der Waals surface area (Å²) in [6.07, 6.45) is 2.95. The first kappa shape index (κ1) is 20.3. The normalized spacial score (nSPS) is 16.6. The van der Waals surface area contributed by atoms with Crippen LogP contribution in [-0.4, -0.2) is 52.1 Å². The summed E-state index contributed by atoms with van der Waals surface area (Å²) in [5.74, 6) is -0.542. The molecule has 3 rings (SSSR count). The zero-order valence-electron chi connectivity index (χ0n) is 16.4. The minimum Gasteiger partial charge on any atom is -0.374 e. The summed E-state index contributed by atoms with van der Waals surface area (Å²) in [6.45, 7) is 5.71. The SMILES string of the molecule is CCOCc1nnc(N2CC(C(=O)N(C)Cc3ccc(CC)cn3)CC2=O)s1. The van der Waals surface area contributed by atoms with Crippen LogP contribution >= 0.6 is 11.3 Å². The van der Waals surface area contributed by atoms with E-state index in [0.717, 1.165) is 22.7 Å². The Kier molecular flexibility index (Phi) is 6.69. The summed E-state index contributed by atoms with van der Waals surface area (Å²) in [6, 6.07) is 3.96. The Morgan fingerprint density at radius 1 is 1.36 bits per heavy atom. The highest BCUT2D eigenvalue weighted by molar-refractivity contribution is 7.15. The fraction of sp³-hybridized carbons (Fsp3) is 0.526. The van der Waals surface area contributed by atoms with Gasteiger partial charge < -0.3 is 9.64 Å². The second-order valence-corrected chi connectivity index (χ2v) is 7.77. The molecule has 0 radical (unpaired) electrons. The topological polar surface area (TPSA) is 88.5 Å². The first-order valence-corrected chi connectivity index (χ1v) is 10.2. The van der Waals surface area contributed by atoms with Crippen LogP contribution in [0.3, 0.4) is 0 Å². The Hall–Kier alpha value is -2.39. The zero-order valence-corrected chi connectivity index (χ0v) is 17.2. The van der Waals surface area contributed by atoms with E-state index >= 15 is 0 Å². The van der Waals surface area contributed by atoms with Gasteiger partial charge in [-0.25, -0.2) is 0 Å². The van der Waals surface area contributed by atoms with E-state index in [2.05, 4.69) is 22.1 Å². The van der Waals surface area contributed by atoms with Crippen LogP contribution < -0.4 is 4.90 Å². The highest BCUT2D eigenvalue weighted by Gasteiger charge is 2.38. The number of amides is 2. The van der Waals surface area contributed by atoms with E-state index in [1.165, 1.54) is 11.3 Å². The van der Waals surface area contributed by atoms with Gasteiger partial charge in [-0.2, -0.15) is 0 Å². The van der Waals surface area contributed by atoms with Crippen molar-refractivity contribution in [3.05, 3.63) is 34.6 Å². The Labute approximate surface area is 168 Å². The average Bonchev–Trinajstić information content (AvgIpc) is 3.32. The molecule has 1 aliphatic rings. The molecule has 2 aromatic heterocycles. The van der Waals surface area contributed by atoms with Gasteiger partial charge in [0.2, 0.25) is 16.9 Å². The summed E-state index contributed by atoms with van der Waals surface area (Å²) < 4.78 is 5.32. The number of hydrogen-bond acceptors (Lipinski definition) is 7. The minimum atomic E-state index is -0.383. The highest BCUT2D eigenvalue weighted by Crippen LogP contribution is 2.29. The van der Waals surface area contributed by atoms with Gasteiger partial charge in [-0.05, 0) is 25.0 Å². The lowest BCUT2D eigenvalue weighted by atomic mass is 10.1. The second kappa shape index (κ2) is 9.20. The van der Waals surface area contributed by atoms with Gasteiger partial charge in [0.1, 0.15) is 11.6 Å². The van der Waals surface area contributed by atoms with Crippen molar-refractivity contribution in [3.8, 4) is 0 Å². The van der Waals surface area contributed by atoms with Crippen molar-refractivity contribution in [2.75, 3.05) is 25.1 Å². The van der Waals surface area contributed by atoms with Crippen LogP contribution in [0.25, 0.3) is 0 Å². The molecule has 9 heteroatoms. The van der Waals surface area contributed by atoms with Crippen molar-refractivity contribution in [1.82, 2.24) is 20.1 Å². The van der Waals surface area contributed by atoms with E-state index in [1.54, 1.807) is 16.8 Å². The van der Waals surface area contributed by atoms with E-state index in [1.807, 2.05) is 25.3 Å². The van der Waals surface area contributed by atoms with E-state index in [4.69, 9.17) is 4.74 Å². The first-order valence-electron chi connectivity index (χ1n) is 9.41. The van der Waals surface area contributed by atoms with Gasteiger partial charge in [-0.1, -0.05) is 24.3 Å². The predicted molar refractivity (Wildman–Crippen MR) is 106 cm³/mol. The molecule has 0 N–H and O–H groups in total. The molecule has 1 aliphatic heterocycles. The number of aryl methyl sites for hydroxylation is 1. The smallest absolute Gasteiger partial charge is 0.229 e. The van der Waals surface area contributed by atoms with Crippen LogP contribution in [-0.2, 0) is 33.9 Å². The maximum absolute atomic E-state index is 12.8. The quantitative estimate of drug-likeness (QED) is 0.670. The van der Waals surface area contributed by atoms with E-state index < -0.39 is 0 Å². The van der Waals surface area contributed by atoms with Gasteiger partial charge >= 0.3 is 0 Å². The maximum Gasteiger partial charge on any atom is 0.229 e. The lowest BCUT2D eigenvalue weighted by Gasteiger charge is -2.20. The predicted octanol–water partition coefficient (Wildman–Crippen LogP) is 2.04. The van der Waals surface area contributed by atoms with Crippen molar-refractivity contribution >= 4 is 28.3 Å². The number of carbonyl (C=O) groups is 2. The van der Waals surface area contributed by atoms with Crippen molar-refractivity contribution < 1.29 is 14.3 Å². The third-order valence-corrected chi connectivity index (χ3v) is 5.58. The molecule has 0 bridgehead atoms. The fourth-order valence-electron chi connectivity index (χ4n) is 3.05. The van der Waals surface area contributed by atoms with Gasteiger partial charge in [0.05, 0.1) is 18.2 Å². The molecule has 0 saturated carbocycles. The second-order valence-electron chi connectivity index (χ2n) is 6.73. The number of pyridine rings is 1. The molecule has 2 aromatic rings. The van der Waals surface area contributed by atoms with Crippen molar-refractivity contribution in [3.63, 3.8) is 0 Å². The molecule has 0 spiro atoms. The molecule has 1 fully saturated rings. The molecule has 0 aliphatic carbocycles. The lowest BCUT2D eigenvalue weighted by Crippen LogP contribution is -2.34. The number of aromatic nitrogens is 3. The molecule has 1 saturated heterocycles. The number of rotatable bonds is 8. The van der Waals surface area contributed by atoms with E-state index in [0.29, 0.717) is 31.4 Å². The number of hydrogen-bond donors (Lipinski definition) is 0. The van der Waals surface area contributed by atoms with Crippen LogP contribution in [0.4, 0.5) is 5.13 Å². The van der Waals surface area contributed by atoms with Gasteiger partial charge in [0, 0.05) is 32.8 Å². The Balaban J connectivity index is 1.60. The average molecular weight is 404 g/mol. The van der Waals surface area contributed by atoms with E-state index in [9.17, 15) is 9.59 Å². The van der Waals surface area contributed by atoms with E-state index in [-0.39, 0.29) is 24.2 Å². The number of ether oxygens (including phenoxy) is 1. The lowest BCUT2D eigenvalue weighted by molar-refractivity contribution is -0.135. The van der Waals surface area contributed by atoms with Gasteiger partial charge in [-0.3, -0.25) is 19.5 Å². The molecular weight excluding hydrogens is 378 g/mol. The number of carbonyl (C=O) groups excluding carboxylic acids is 2. The van der Waals surface area contributed by atoms with Crippen LogP contribution in [0.1, 0.15) is 36.5 Å². The molecule has 28 heavy (non-hydrogen) atoms. The minimum absolute atomic E-state index is 0.0590. The third-order valence-electron chi connectivity index (χ3n) is 4.66. The summed E-state index contributed by atoms with van der Waals surface area (Å²) in [4.78, 5) is 32.8. The molecule has 150 valence electrons. The van der Waals surface area contributed by atoms with Gasteiger partial charge in [0.25, 0.3) is 0 Å². The summed E-state index contributed by atoms with van der Waals surface area (Å²) in [7, 11) is 1.75. The third kappa shape index (κ3) is 4.71. The van der Waals surface area contributed by atoms with Crippen LogP contribution in [0.5, 0.6) is 0 Å². The van der Waals surface area contributed by atoms with Crippen molar-refractivity contribution in [1.29, 1.82) is 0 Å². The van der Waals surface area contributed by atoms with Crippen molar-refractivity contribution in [2.24, 2.45) is 5.92 Å². The van der Waals surface area contributed by atoms with Gasteiger partial charge in [-0.15, -0.1) is 10.2 Å². The fourth-order valence-corrected chi connectivity index (χ4v) is 3.85. The molecule has 3 heterocycles. The molecule has 0 aromatic carbocycles. The number of anilines is 1. The number of nitrogens with zero attached hydrogens (tertiary/aromatic N) is 5. The molecular formula is C19H25N5O3S. The summed E-state index contributed by atoms with van der Waals surface area (Å²) >= 11 is 1.33. The Bertz CT molecular complexity index is 823. The molecule has 1 atom stereocenters.